The molecule has 0 saturated carbocycles. The Morgan fingerprint density at radius 1 is 1.48 bits per heavy atom. The molecule has 1 fully saturated rings. The van der Waals surface area contributed by atoms with Crippen molar-refractivity contribution >= 4 is 11.7 Å². The Morgan fingerprint density at radius 3 is 3.12 bits per heavy atom. The Morgan fingerprint density at radius 2 is 2.36 bits per heavy atom. The van der Waals surface area contributed by atoms with Gasteiger partial charge in [-0.15, -0.1) is 0 Å². The molecule has 25 heavy (non-hydrogen) atoms. The van der Waals surface area contributed by atoms with E-state index < -0.39 is 0 Å². The van der Waals surface area contributed by atoms with Crippen LogP contribution in [0.3, 0.4) is 0 Å². The van der Waals surface area contributed by atoms with E-state index in [1.807, 2.05) is 31.2 Å². The third kappa shape index (κ3) is 4.22. The second kappa shape index (κ2) is 7.90. The van der Waals surface area contributed by atoms with E-state index in [0.29, 0.717) is 25.3 Å². The predicted molar refractivity (Wildman–Crippen MR) is 93.5 cm³/mol. The lowest BCUT2D eigenvalue weighted by molar-refractivity contribution is -0.120. The van der Waals surface area contributed by atoms with E-state index in [4.69, 9.17) is 5.26 Å². The van der Waals surface area contributed by atoms with E-state index in [9.17, 15) is 4.79 Å². The molecule has 1 saturated heterocycles. The number of rotatable bonds is 6. The topological polar surface area (TPSA) is 86.8 Å². The number of aromatic nitrogens is 3. The van der Waals surface area contributed by atoms with Crippen LogP contribution < -0.4 is 5.32 Å². The third-order valence-electron chi connectivity index (χ3n) is 4.43. The van der Waals surface area contributed by atoms with Gasteiger partial charge in [-0.1, -0.05) is 6.07 Å². The van der Waals surface area contributed by atoms with E-state index >= 15 is 0 Å². The maximum atomic E-state index is 12.7. The molecule has 2 aromatic heterocycles. The summed E-state index contributed by atoms with van der Waals surface area (Å²) in [6.07, 6.45) is 4.01. The minimum Gasteiger partial charge on any atom is -0.308 e. The van der Waals surface area contributed by atoms with E-state index in [2.05, 4.69) is 26.4 Å². The van der Waals surface area contributed by atoms with Crippen molar-refractivity contribution < 1.29 is 4.79 Å². The molecule has 1 unspecified atom stereocenters. The lowest BCUT2D eigenvalue weighted by Gasteiger charge is -2.22. The SMILES string of the molecule is Cc1cc(NC(=O)C2CCCN2Cc2ccccn2)nn1CCC#N. The Labute approximate surface area is 147 Å². The first-order valence-electron chi connectivity index (χ1n) is 8.53. The van der Waals surface area contributed by atoms with Crippen LogP contribution in [0, 0.1) is 18.3 Å². The van der Waals surface area contributed by atoms with E-state index in [1.165, 1.54) is 0 Å². The summed E-state index contributed by atoms with van der Waals surface area (Å²) in [5.41, 5.74) is 1.90. The van der Waals surface area contributed by atoms with Gasteiger partial charge in [-0.05, 0) is 38.4 Å². The number of nitriles is 1. The predicted octanol–water partition coefficient (Wildman–Crippen LogP) is 2.10. The molecule has 0 aliphatic carbocycles. The molecule has 3 heterocycles. The molecule has 1 aliphatic rings. The first-order chi connectivity index (χ1) is 12.2. The zero-order chi connectivity index (χ0) is 17.6. The summed E-state index contributed by atoms with van der Waals surface area (Å²) in [6.45, 7) is 4.02. The van der Waals surface area contributed by atoms with Gasteiger partial charge in [-0.2, -0.15) is 10.4 Å². The zero-order valence-electron chi connectivity index (χ0n) is 14.4. The molecule has 0 spiro atoms. The molecule has 0 radical (unpaired) electrons. The van der Waals surface area contributed by atoms with Crippen LogP contribution >= 0.6 is 0 Å². The van der Waals surface area contributed by atoms with Gasteiger partial charge >= 0.3 is 0 Å². The van der Waals surface area contributed by atoms with E-state index in [-0.39, 0.29) is 11.9 Å². The number of likely N-dealkylation sites (tertiary alicyclic amines) is 1. The number of hydrogen-bond acceptors (Lipinski definition) is 5. The average Bonchev–Trinajstić information content (AvgIpc) is 3.20. The van der Waals surface area contributed by atoms with Gasteiger partial charge in [0.05, 0.1) is 30.8 Å². The summed E-state index contributed by atoms with van der Waals surface area (Å²) in [6, 6.07) is 9.62. The van der Waals surface area contributed by atoms with Crippen molar-refractivity contribution in [2.24, 2.45) is 0 Å². The second-order valence-electron chi connectivity index (χ2n) is 6.24. The molecule has 130 valence electrons. The summed E-state index contributed by atoms with van der Waals surface area (Å²) < 4.78 is 1.75. The first-order valence-corrected chi connectivity index (χ1v) is 8.53. The zero-order valence-corrected chi connectivity index (χ0v) is 14.4. The molecule has 0 bridgehead atoms. The maximum Gasteiger partial charge on any atom is 0.242 e. The summed E-state index contributed by atoms with van der Waals surface area (Å²) in [7, 11) is 0. The number of amides is 1. The van der Waals surface area contributed by atoms with Gasteiger partial charge in [0.2, 0.25) is 5.91 Å². The van der Waals surface area contributed by atoms with Gasteiger partial charge in [-0.25, -0.2) is 0 Å². The Kier molecular flexibility index (Phi) is 5.41. The highest BCUT2D eigenvalue weighted by Crippen LogP contribution is 2.21. The van der Waals surface area contributed by atoms with Crippen LogP contribution in [0.15, 0.2) is 30.5 Å². The summed E-state index contributed by atoms with van der Waals surface area (Å²) in [4.78, 5) is 19.2. The number of anilines is 1. The molecule has 1 N–H and O–H groups in total. The minimum atomic E-state index is -0.161. The molecule has 0 aromatic carbocycles. The molecular formula is C18H22N6O. The van der Waals surface area contributed by atoms with Gasteiger partial charge in [0.1, 0.15) is 0 Å². The number of hydrogen-bond donors (Lipinski definition) is 1. The van der Waals surface area contributed by atoms with Crippen molar-refractivity contribution in [3.8, 4) is 6.07 Å². The van der Waals surface area contributed by atoms with Crippen molar-refractivity contribution in [2.75, 3.05) is 11.9 Å². The number of nitrogens with one attached hydrogen (secondary N) is 1. The van der Waals surface area contributed by atoms with Crippen molar-refractivity contribution in [2.45, 2.75) is 45.3 Å². The van der Waals surface area contributed by atoms with E-state index in [1.54, 1.807) is 10.9 Å². The number of carbonyl (C=O) groups is 1. The minimum absolute atomic E-state index is 0.0293. The summed E-state index contributed by atoms with van der Waals surface area (Å²) in [5, 5.41) is 16.0. The van der Waals surface area contributed by atoms with Gasteiger partial charge < -0.3 is 5.32 Å². The highest BCUT2D eigenvalue weighted by molar-refractivity contribution is 5.94. The second-order valence-corrected chi connectivity index (χ2v) is 6.24. The fraction of sp³-hybridized carbons (Fsp3) is 0.444. The molecule has 7 heteroatoms. The first kappa shape index (κ1) is 17.1. The number of aryl methyl sites for hydroxylation is 2. The Balaban J connectivity index is 1.63. The quantitative estimate of drug-likeness (QED) is 0.871. The fourth-order valence-electron chi connectivity index (χ4n) is 3.18. The Hall–Kier alpha value is -2.72. The molecule has 7 nitrogen and oxygen atoms in total. The average molecular weight is 338 g/mol. The van der Waals surface area contributed by atoms with Crippen LogP contribution in [0.2, 0.25) is 0 Å². The normalized spacial score (nSPS) is 17.4. The smallest absolute Gasteiger partial charge is 0.242 e. The van der Waals surface area contributed by atoms with Crippen LogP contribution in [0.1, 0.15) is 30.7 Å². The highest BCUT2D eigenvalue weighted by Gasteiger charge is 2.31. The van der Waals surface area contributed by atoms with Gasteiger partial charge in [0.15, 0.2) is 5.82 Å². The molecule has 2 aromatic rings. The van der Waals surface area contributed by atoms with Gasteiger partial charge in [-0.3, -0.25) is 19.4 Å². The van der Waals surface area contributed by atoms with Crippen LogP contribution in [0.25, 0.3) is 0 Å². The van der Waals surface area contributed by atoms with Crippen LogP contribution in [0.5, 0.6) is 0 Å². The standard InChI is InChI=1S/C18H22N6O/c1-14-12-17(22-24(14)11-5-8-19)21-18(25)16-7-4-10-23(16)13-15-6-2-3-9-20-15/h2-3,6,9,12,16H,4-5,7,10-11,13H2,1H3,(H,21,22,25). The lowest BCUT2D eigenvalue weighted by Crippen LogP contribution is -2.39. The van der Waals surface area contributed by atoms with Crippen LogP contribution in [-0.2, 0) is 17.9 Å². The van der Waals surface area contributed by atoms with Crippen molar-refractivity contribution in [3.63, 3.8) is 0 Å². The van der Waals surface area contributed by atoms with Gasteiger partial charge in [0.25, 0.3) is 0 Å². The maximum absolute atomic E-state index is 12.7. The fourth-order valence-corrected chi connectivity index (χ4v) is 3.18. The number of nitrogens with zero attached hydrogens (tertiary/aromatic N) is 5. The molecular weight excluding hydrogens is 316 g/mol. The highest BCUT2D eigenvalue weighted by atomic mass is 16.2. The van der Waals surface area contributed by atoms with Crippen LogP contribution in [-0.4, -0.2) is 38.2 Å². The van der Waals surface area contributed by atoms with Crippen molar-refractivity contribution in [1.82, 2.24) is 19.7 Å². The molecule has 1 amide bonds. The van der Waals surface area contributed by atoms with Crippen molar-refractivity contribution in [3.05, 3.63) is 41.9 Å². The van der Waals surface area contributed by atoms with Crippen LogP contribution in [0.4, 0.5) is 5.82 Å². The van der Waals surface area contributed by atoms with Crippen molar-refractivity contribution in [1.29, 1.82) is 5.26 Å². The molecule has 1 aliphatic heterocycles. The monoisotopic (exact) mass is 338 g/mol. The largest absolute Gasteiger partial charge is 0.308 e. The Bertz CT molecular complexity index is 764. The summed E-state index contributed by atoms with van der Waals surface area (Å²) in [5.74, 6) is 0.517. The molecule has 3 rings (SSSR count). The number of pyridine rings is 1. The molecule has 1 atom stereocenters. The lowest BCUT2D eigenvalue weighted by atomic mass is 10.2. The number of carbonyl (C=O) groups excluding carboxylic acids is 1. The van der Waals surface area contributed by atoms with E-state index in [0.717, 1.165) is 30.8 Å². The summed E-state index contributed by atoms with van der Waals surface area (Å²) >= 11 is 0. The van der Waals surface area contributed by atoms with Gasteiger partial charge in [0, 0.05) is 24.5 Å². The third-order valence-corrected chi connectivity index (χ3v) is 4.43.